The van der Waals surface area contributed by atoms with Crippen LogP contribution in [0.5, 0.6) is 11.5 Å². The van der Waals surface area contributed by atoms with Crippen LogP contribution in [0.4, 0.5) is 0 Å². The Morgan fingerprint density at radius 2 is 1.71 bits per heavy atom. The molecule has 0 aliphatic rings. The first kappa shape index (κ1) is 16.0. The van der Waals surface area contributed by atoms with Crippen LogP contribution in [-0.2, 0) is 0 Å². The highest BCUT2D eigenvalue weighted by atomic mass is 35.5. The van der Waals surface area contributed by atoms with Crippen LogP contribution in [-0.4, -0.2) is 13.2 Å². The van der Waals surface area contributed by atoms with Crippen LogP contribution in [0.1, 0.15) is 30.4 Å². The van der Waals surface area contributed by atoms with Gasteiger partial charge in [-0.1, -0.05) is 29.8 Å². The third-order valence-electron chi connectivity index (χ3n) is 2.99. The second kappa shape index (κ2) is 7.06. The number of benzene rings is 2. The molecule has 2 aromatic carbocycles. The van der Waals surface area contributed by atoms with Crippen LogP contribution in [0.2, 0.25) is 5.02 Å². The van der Waals surface area contributed by atoms with E-state index in [4.69, 9.17) is 32.7 Å². The molecule has 1 atom stereocenters. The summed E-state index contributed by atoms with van der Waals surface area (Å²) in [4.78, 5) is 0. The lowest BCUT2D eigenvalue weighted by atomic mass is 10.0. The summed E-state index contributed by atoms with van der Waals surface area (Å²) in [6, 6.07) is 13.4. The molecule has 112 valence electrons. The van der Waals surface area contributed by atoms with Gasteiger partial charge < -0.3 is 9.47 Å². The van der Waals surface area contributed by atoms with Gasteiger partial charge in [0.05, 0.1) is 23.6 Å². The van der Waals surface area contributed by atoms with Crippen LogP contribution in [0.15, 0.2) is 42.5 Å². The highest BCUT2D eigenvalue weighted by Crippen LogP contribution is 2.35. The number of hydrogen-bond donors (Lipinski definition) is 0. The molecule has 0 aliphatic heterocycles. The SMILES string of the molecule is COc1ccc(C(Cl)c2cccc(OC(C)C)c2)cc1Cl. The van der Waals surface area contributed by atoms with Crippen molar-refractivity contribution in [3.05, 3.63) is 58.6 Å². The molecule has 2 nitrogen and oxygen atoms in total. The van der Waals surface area contributed by atoms with Gasteiger partial charge in [-0.25, -0.2) is 0 Å². The summed E-state index contributed by atoms with van der Waals surface area (Å²) in [7, 11) is 1.59. The van der Waals surface area contributed by atoms with Gasteiger partial charge in [-0.05, 0) is 49.2 Å². The average molecular weight is 325 g/mol. The zero-order valence-corrected chi connectivity index (χ0v) is 13.8. The van der Waals surface area contributed by atoms with E-state index in [0.29, 0.717) is 10.8 Å². The lowest BCUT2D eigenvalue weighted by molar-refractivity contribution is 0.242. The Kier molecular flexibility index (Phi) is 5.38. The maximum atomic E-state index is 6.55. The third kappa shape index (κ3) is 4.05. The van der Waals surface area contributed by atoms with E-state index in [2.05, 4.69) is 0 Å². The summed E-state index contributed by atoms with van der Waals surface area (Å²) in [6.07, 6.45) is 0.129. The molecule has 0 amide bonds. The molecule has 0 aliphatic carbocycles. The number of ether oxygens (including phenoxy) is 2. The maximum Gasteiger partial charge on any atom is 0.137 e. The molecule has 1 unspecified atom stereocenters. The summed E-state index contributed by atoms with van der Waals surface area (Å²) >= 11 is 12.7. The largest absolute Gasteiger partial charge is 0.495 e. The molecule has 0 saturated heterocycles. The first-order valence-corrected chi connectivity index (χ1v) is 7.57. The van der Waals surface area contributed by atoms with E-state index in [-0.39, 0.29) is 11.5 Å². The summed E-state index contributed by atoms with van der Waals surface area (Å²) in [6.45, 7) is 3.99. The van der Waals surface area contributed by atoms with Crippen LogP contribution in [0, 0.1) is 0 Å². The summed E-state index contributed by atoms with van der Waals surface area (Å²) < 4.78 is 10.8. The topological polar surface area (TPSA) is 18.5 Å². The van der Waals surface area contributed by atoms with Gasteiger partial charge in [0.15, 0.2) is 0 Å². The Hall–Kier alpha value is -1.38. The van der Waals surface area contributed by atoms with Crippen molar-refractivity contribution in [2.24, 2.45) is 0 Å². The minimum absolute atomic E-state index is 0.129. The minimum Gasteiger partial charge on any atom is -0.495 e. The van der Waals surface area contributed by atoms with E-state index in [1.807, 2.05) is 56.3 Å². The Morgan fingerprint density at radius 1 is 1.00 bits per heavy atom. The van der Waals surface area contributed by atoms with Crippen LogP contribution in [0.3, 0.4) is 0 Å². The lowest BCUT2D eigenvalue weighted by Crippen LogP contribution is -2.06. The average Bonchev–Trinajstić information content (AvgIpc) is 2.46. The normalized spacial score (nSPS) is 12.3. The number of alkyl halides is 1. The van der Waals surface area contributed by atoms with E-state index in [0.717, 1.165) is 16.9 Å². The molecule has 0 saturated carbocycles. The van der Waals surface area contributed by atoms with Crippen molar-refractivity contribution in [3.63, 3.8) is 0 Å². The van der Waals surface area contributed by atoms with Crippen LogP contribution >= 0.6 is 23.2 Å². The maximum absolute atomic E-state index is 6.55. The van der Waals surface area contributed by atoms with E-state index < -0.39 is 0 Å². The third-order valence-corrected chi connectivity index (χ3v) is 3.79. The Balaban J connectivity index is 2.27. The number of hydrogen-bond acceptors (Lipinski definition) is 2. The summed E-state index contributed by atoms with van der Waals surface area (Å²) in [5.74, 6) is 1.45. The van der Waals surface area contributed by atoms with E-state index in [9.17, 15) is 0 Å². The molecule has 0 radical (unpaired) electrons. The fourth-order valence-corrected chi connectivity index (χ4v) is 2.59. The van der Waals surface area contributed by atoms with Crippen molar-refractivity contribution in [1.29, 1.82) is 0 Å². The summed E-state index contributed by atoms with van der Waals surface area (Å²) in [5.41, 5.74) is 1.89. The second-order valence-corrected chi connectivity index (χ2v) is 5.84. The molecular weight excluding hydrogens is 307 g/mol. The van der Waals surface area contributed by atoms with E-state index in [1.54, 1.807) is 7.11 Å². The Bertz CT molecular complexity index is 611. The standard InChI is InChI=1S/C17H18Cl2O2/c1-11(2)21-14-6-4-5-12(9-14)17(19)13-7-8-16(20-3)15(18)10-13/h4-11,17H,1-3H3. The molecule has 0 spiro atoms. The number of halogens is 2. The lowest BCUT2D eigenvalue weighted by Gasteiger charge is -2.15. The highest BCUT2D eigenvalue weighted by Gasteiger charge is 2.14. The molecule has 2 rings (SSSR count). The molecule has 0 fully saturated rings. The summed E-state index contributed by atoms with van der Waals surface area (Å²) in [5, 5.41) is 0.263. The van der Waals surface area contributed by atoms with Crippen LogP contribution < -0.4 is 9.47 Å². The highest BCUT2D eigenvalue weighted by molar-refractivity contribution is 6.32. The molecule has 0 bridgehead atoms. The van der Waals surface area contributed by atoms with Crippen molar-refractivity contribution in [2.45, 2.75) is 25.3 Å². The number of methoxy groups -OCH3 is 1. The Morgan fingerprint density at radius 3 is 2.33 bits per heavy atom. The van der Waals surface area contributed by atoms with Crippen molar-refractivity contribution >= 4 is 23.2 Å². The van der Waals surface area contributed by atoms with E-state index in [1.165, 1.54) is 0 Å². The van der Waals surface area contributed by atoms with Gasteiger partial charge in [-0.3, -0.25) is 0 Å². The predicted octanol–water partition coefficient (Wildman–Crippen LogP) is 5.46. The monoisotopic (exact) mass is 324 g/mol. The van der Waals surface area contributed by atoms with Gasteiger partial charge in [0.2, 0.25) is 0 Å². The van der Waals surface area contributed by atoms with Gasteiger partial charge in [0.1, 0.15) is 11.5 Å². The van der Waals surface area contributed by atoms with Crippen molar-refractivity contribution in [1.82, 2.24) is 0 Å². The molecule has 0 aromatic heterocycles. The van der Waals surface area contributed by atoms with Crippen molar-refractivity contribution in [2.75, 3.05) is 7.11 Å². The Labute approximate surface area is 135 Å². The minimum atomic E-state index is -0.288. The van der Waals surface area contributed by atoms with E-state index >= 15 is 0 Å². The zero-order chi connectivity index (χ0) is 15.4. The molecule has 0 N–H and O–H groups in total. The first-order valence-electron chi connectivity index (χ1n) is 6.75. The predicted molar refractivity (Wildman–Crippen MR) is 87.9 cm³/mol. The van der Waals surface area contributed by atoms with Gasteiger partial charge in [0.25, 0.3) is 0 Å². The smallest absolute Gasteiger partial charge is 0.137 e. The van der Waals surface area contributed by atoms with Gasteiger partial charge in [-0.15, -0.1) is 11.6 Å². The fraction of sp³-hybridized carbons (Fsp3) is 0.294. The van der Waals surface area contributed by atoms with Gasteiger partial charge in [0, 0.05) is 0 Å². The van der Waals surface area contributed by atoms with Gasteiger partial charge in [-0.2, -0.15) is 0 Å². The molecular formula is C17H18Cl2O2. The van der Waals surface area contributed by atoms with Crippen molar-refractivity contribution < 1.29 is 9.47 Å². The molecule has 4 heteroatoms. The first-order chi connectivity index (χ1) is 10.0. The number of rotatable bonds is 5. The van der Waals surface area contributed by atoms with Crippen molar-refractivity contribution in [3.8, 4) is 11.5 Å². The second-order valence-electron chi connectivity index (χ2n) is 5.00. The molecule has 0 heterocycles. The quantitative estimate of drug-likeness (QED) is 0.679. The van der Waals surface area contributed by atoms with Gasteiger partial charge >= 0.3 is 0 Å². The van der Waals surface area contributed by atoms with Crippen LogP contribution in [0.25, 0.3) is 0 Å². The molecule has 2 aromatic rings. The fourth-order valence-electron chi connectivity index (χ4n) is 2.05. The molecule has 21 heavy (non-hydrogen) atoms. The zero-order valence-electron chi connectivity index (χ0n) is 12.3.